The molecule has 0 unspecified atom stereocenters. The van der Waals surface area contributed by atoms with Crippen LogP contribution in [0.1, 0.15) is 24.5 Å². The first-order valence-electron chi connectivity index (χ1n) is 6.68. The number of benzene rings is 1. The van der Waals surface area contributed by atoms with Crippen LogP contribution in [0.2, 0.25) is 0 Å². The first-order chi connectivity index (χ1) is 9.36. The number of nitrogens with one attached hydrogen (secondary N) is 1. The van der Waals surface area contributed by atoms with Gasteiger partial charge in [-0.2, -0.15) is 0 Å². The number of nitrogens with zero attached hydrogens (tertiary/aromatic N) is 3. The summed E-state index contributed by atoms with van der Waals surface area (Å²) in [6.45, 7) is 1.49. The van der Waals surface area contributed by atoms with Crippen LogP contribution in [0.3, 0.4) is 0 Å². The van der Waals surface area contributed by atoms with E-state index in [4.69, 9.17) is 4.74 Å². The minimum atomic E-state index is 0.478. The highest BCUT2D eigenvalue weighted by Crippen LogP contribution is 2.18. The SMILES string of the molecule is CNc1ccc(OCc2nnc3n2CCCC3)cc1. The van der Waals surface area contributed by atoms with Crippen LogP contribution in [-0.2, 0) is 19.6 Å². The van der Waals surface area contributed by atoms with Gasteiger partial charge in [0, 0.05) is 25.7 Å². The Morgan fingerprint density at radius 1 is 1.21 bits per heavy atom. The first-order valence-corrected chi connectivity index (χ1v) is 6.68. The zero-order valence-electron chi connectivity index (χ0n) is 11.1. The molecule has 1 aromatic carbocycles. The van der Waals surface area contributed by atoms with Crippen LogP contribution in [0, 0.1) is 0 Å². The van der Waals surface area contributed by atoms with Gasteiger partial charge in [-0.05, 0) is 37.1 Å². The minimum absolute atomic E-state index is 0.478. The van der Waals surface area contributed by atoms with E-state index in [1.807, 2.05) is 31.3 Å². The number of anilines is 1. The Balaban J connectivity index is 1.66. The maximum atomic E-state index is 5.76. The lowest BCUT2D eigenvalue weighted by atomic mass is 10.2. The molecule has 5 heteroatoms. The molecule has 100 valence electrons. The highest BCUT2D eigenvalue weighted by molar-refractivity contribution is 5.45. The van der Waals surface area contributed by atoms with Crippen LogP contribution < -0.4 is 10.1 Å². The second-order valence-corrected chi connectivity index (χ2v) is 4.70. The highest BCUT2D eigenvalue weighted by Gasteiger charge is 2.15. The van der Waals surface area contributed by atoms with Gasteiger partial charge in [0.1, 0.15) is 18.2 Å². The zero-order valence-corrected chi connectivity index (χ0v) is 11.1. The van der Waals surface area contributed by atoms with Gasteiger partial charge in [0.25, 0.3) is 0 Å². The fourth-order valence-electron chi connectivity index (χ4n) is 2.34. The third kappa shape index (κ3) is 2.54. The fourth-order valence-corrected chi connectivity index (χ4v) is 2.34. The molecule has 0 amide bonds. The third-order valence-corrected chi connectivity index (χ3v) is 3.45. The molecule has 2 heterocycles. The summed E-state index contributed by atoms with van der Waals surface area (Å²) in [4.78, 5) is 0. The molecule has 19 heavy (non-hydrogen) atoms. The lowest BCUT2D eigenvalue weighted by Crippen LogP contribution is -2.14. The van der Waals surface area contributed by atoms with Crippen LogP contribution in [0.4, 0.5) is 5.69 Å². The van der Waals surface area contributed by atoms with Gasteiger partial charge < -0.3 is 14.6 Å². The predicted molar refractivity (Wildman–Crippen MR) is 73.3 cm³/mol. The van der Waals surface area contributed by atoms with Crippen molar-refractivity contribution in [2.75, 3.05) is 12.4 Å². The van der Waals surface area contributed by atoms with Crippen molar-refractivity contribution in [1.82, 2.24) is 14.8 Å². The summed E-state index contributed by atoms with van der Waals surface area (Å²) in [7, 11) is 1.90. The van der Waals surface area contributed by atoms with Gasteiger partial charge in [0.05, 0.1) is 0 Å². The average molecular weight is 258 g/mol. The van der Waals surface area contributed by atoms with E-state index in [2.05, 4.69) is 20.1 Å². The van der Waals surface area contributed by atoms with Crippen LogP contribution in [0.5, 0.6) is 5.75 Å². The number of aryl methyl sites for hydroxylation is 1. The molecule has 0 saturated heterocycles. The van der Waals surface area contributed by atoms with E-state index in [0.29, 0.717) is 6.61 Å². The molecular weight excluding hydrogens is 240 g/mol. The molecule has 1 aliphatic heterocycles. The molecule has 3 rings (SSSR count). The molecular formula is C14H18N4O. The monoisotopic (exact) mass is 258 g/mol. The van der Waals surface area contributed by atoms with E-state index < -0.39 is 0 Å². The standard InChI is InChI=1S/C14H18N4O/c1-15-11-5-7-12(8-6-11)19-10-14-17-16-13-4-2-3-9-18(13)14/h5-8,15H,2-4,9-10H2,1H3. The Morgan fingerprint density at radius 3 is 2.84 bits per heavy atom. The van der Waals surface area contributed by atoms with Crippen LogP contribution in [-0.4, -0.2) is 21.8 Å². The highest BCUT2D eigenvalue weighted by atomic mass is 16.5. The van der Waals surface area contributed by atoms with E-state index in [1.54, 1.807) is 0 Å². The summed E-state index contributed by atoms with van der Waals surface area (Å²) in [6, 6.07) is 7.90. The van der Waals surface area contributed by atoms with E-state index in [-0.39, 0.29) is 0 Å². The van der Waals surface area contributed by atoms with Gasteiger partial charge in [0.2, 0.25) is 0 Å². The molecule has 2 aromatic rings. The average Bonchev–Trinajstić information content (AvgIpc) is 2.89. The second-order valence-electron chi connectivity index (χ2n) is 4.70. The molecule has 1 N–H and O–H groups in total. The molecule has 0 spiro atoms. The molecule has 5 nitrogen and oxygen atoms in total. The van der Waals surface area contributed by atoms with E-state index in [0.717, 1.165) is 36.1 Å². The van der Waals surface area contributed by atoms with Gasteiger partial charge in [-0.3, -0.25) is 0 Å². The lowest BCUT2D eigenvalue weighted by molar-refractivity contribution is 0.286. The molecule has 1 aliphatic rings. The summed E-state index contributed by atoms with van der Waals surface area (Å²) in [5.74, 6) is 2.87. The second kappa shape index (κ2) is 5.30. The number of hydrogen-bond donors (Lipinski definition) is 1. The molecule has 0 aliphatic carbocycles. The topological polar surface area (TPSA) is 52.0 Å². The van der Waals surface area contributed by atoms with Crippen molar-refractivity contribution in [1.29, 1.82) is 0 Å². The first kappa shape index (κ1) is 12.0. The fraction of sp³-hybridized carbons (Fsp3) is 0.429. The number of hydrogen-bond acceptors (Lipinski definition) is 4. The van der Waals surface area contributed by atoms with Gasteiger partial charge in [-0.1, -0.05) is 0 Å². The van der Waals surface area contributed by atoms with Crippen LogP contribution in [0.25, 0.3) is 0 Å². The summed E-state index contributed by atoms with van der Waals surface area (Å²) in [6.07, 6.45) is 3.45. The molecule has 0 saturated carbocycles. The van der Waals surface area contributed by atoms with E-state index in [1.165, 1.54) is 12.8 Å². The van der Waals surface area contributed by atoms with Gasteiger partial charge in [-0.25, -0.2) is 0 Å². The maximum absolute atomic E-state index is 5.76. The number of rotatable bonds is 4. The van der Waals surface area contributed by atoms with Gasteiger partial charge >= 0.3 is 0 Å². The Morgan fingerprint density at radius 2 is 2.05 bits per heavy atom. The Hall–Kier alpha value is -2.04. The van der Waals surface area contributed by atoms with Crippen molar-refractivity contribution in [3.8, 4) is 5.75 Å². The van der Waals surface area contributed by atoms with Crippen molar-refractivity contribution in [3.63, 3.8) is 0 Å². The molecule has 0 fully saturated rings. The van der Waals surface area contributed by atoms with E-state index >= 15 is 0 Å². The Labute approximate surface area is 112 Å². The maximum Gasteiger partial charge on any atom is 0.171 e. The van der Waals surface area contributed by atoms with Gasteiger partial charge in [0.15, 0.2) is 5.82 Å². The smallest absolute Gasteiger partial charge is 0.171 e. The van der Waals surface area contributed by atoms with Crippen LogP contribution in [0.15, 0.2) is 24.3 Å². The van der Waals surface area contributed by atoms with Crippen molar-refractivity contribution in [2.45, 2.75) is 32.4 Å². The Kier molecular flexibility index (Phi) is 3.35. The van der Waals surface area contributed by atoms with Crippen molar-refractivity contribution in [3.05, 3.63) is 35.9 Å². The van der Waals surface area contributed by atoms with Crippen LogP contribution >= 0.6 is 0 Å². The number of fused-ring (bicyclic) bond motifs is 1. The number of aromatic nitrogens is 3. The predicted octanol–water partition coefficient (Wildman–Crippen LogP) is 2.24. The van der Waals surface area contributed by atoms with E-state index in [9.17, 15) is 0 Å². The summed E-state index contributed by atoms with van der Waals surface area (Å²) in [5, 5.41) is 11.5. The van der Waals surface area contributed by atoms with Crippen molar-refractivity contribution >= 4 is 5.69 Å². The molecule has 0 radical (unpaired) electrons. The Bertz CT molecular complexity index is 547. The lowest BCUT2D eigenvalue weighted by Gasteiger charge is -2.15. The summed E-state index contributed by atoms with van der Waals surface area (Å²) < 4.78 is 7.95. The largest absolute Gasteiger partial charge is 0.486 e. The molecule has 1 aromatic heterocycles. The van der Waals surface area contributed by atoms with Crippen molar-refractivity contribution < 1.29 is 4.74 Å². The minimum Gasteiger partial charge on any atom is -0.486 e. The summed E-state index contributed by atoms with van der Waals surface area (Å²) in [5.41, 5.74) is 1.08. The molecule has 0 atom stereocenters. The third-order valence-electron chi connectivity index (χ3n) is 3.45. The summed E-state index contributed by atoms with van der Waals surface area (Å²) >= 11 is 0. The molecule has 0 bridgehead atoms. The zero-order chi connectivity index (χ0) is 13.1. The van der Waals surface area contributed by atoms with Crippen molar-refractivity contribution in [2.24, 2.45) is 0 Å². The van der Waals surface area contributed by atoms with Gasteiger partial charge in [-0.15, -0.1) is 10.2 Å². The quantitative estimate of drug-likeness (QED) is 0.913. The number of ether oxygens (including phenoxy) is 1. The normalized spacial score (nSPS) is 13.9.